The Morgan fingerprint density at radius 3 is 2.50 bits per heavy atom. The van der Waals surface area contributed by atoms with Gasteiger partial charge in [0.05, 0.1) is 5.69 Å². The molecule has 0 unspecified atom stereocenters. The van der Waals surface area contributed by atoms with Crippen LogP contribution in [0.1, 0.15) is 11.1 Å². The average Bonchev–Trinajstić information content (AvgIpc) is 2.31. The molecule has 0 aliphatic rings. The van der Waals surface area contributed by atoms with E-state index in [9.17, 15) is 0 Å². The number of hydrogen-bond acceptors (Lipinski definition) is 2. The Hall–Kier alpha value is -1.19. The monoisotopic (exact) mass is 324 g/mol. The first-order valence-corrected chi connectivity index (χ1v) is 6.73. The second-order valence-electron chi connectivity index (χ2n) is 4.28. The van der Waals surface area contributed by atoms with Crippen LogP contribution in [0.15, 0.2) is 34.8 Å². The lowest BCUT2D eigenvalue weighted by Crippen LogP contribution is -1.95. The number of hydrogen-bond donors (Lipinski definition) is 2. The summed E-state index contributed by atoms with van der Waals surface area (Å²) < 4.78 is 0.985. The molecule has 0 radical (unpaired) electrons. The zero-order chi connectivity index (χ0) is 13.3. The molecule has 94 valence electrons. The molecule has 2 rings (SSSR count). The van der Waals surface area contributed by atoms with Gasteiger partial charge in [0.2, 0.25) is 0 Å². The summed E-state index contributed by atoms with van der Waals surface area (Å²) >= 11 is 9.65. The van der Waals surface area contributed by atoms with Crippen LogP contribution in [0.25, 0.3) is 0 Å². The third-order valence-corrected chi connectivity index (χ3v) is 3.86. The lowest BCUT2D eigenvalue weighted by Gasteiger charge is -2.12. The Morgan fingerprint density at radius 1 is 1.11 bits per heavy atom. The third kappa shape index (κ3) is 2.79. The number of rotatable bonds is 2. The SMILES string of the molecule is Cc1cc(Nc2cc(Cl)c(C)cc2Br)ccc1N. The normalized spacial score (nSPS) is 10.4. The van der Waals surface area contributed by atoms with E-state index in [0.717, 1.165) is 37.7 Å². The Labute approximate surface area is 120 Å². The molecule has 18 heavy (non-hydrogen) atoms. The summed E-state index contributed by atoms with van der Waals surface area (Å²) in [5.74, 6) is 0. The maximum atomic E-state index is 6.13. The van der Waals surface area contributed by atoms with Gasteiger partial charge in [-0.25, -0.2) is 0 Å². The van der Waals surface area contributed by atoms with Crippen LogP contribution >= 0.6 is 27.5 Å². The number of nitrogen functional groups attached to an aromatic ring is 1. The first-order chi connectivity index (χ1) is 8.47. The quantitative estimate of drug-likeness (QED) is 0.759. The van der Waals surface area contributed by atoms with Gasteiger partial charge in [0.1, 0.15) is 0 Å². The minimum absolute atomic E-state index is 0.743. The van der Waals surface area contributed by atoms with Crippen molar-refractivity contribution in [1.82, 2.24) is 0 Å². The molecule has 0 amide bonds. The third-order valence-electron chi connectivity index (χ3n) is 2.80. The van der Waals surface area contributed by atoms with Crippen LogP contribution in [0.3, 0.4) is 0 Å². The van der Waals surface area contributed by atoms with E-state index in [1.54, 1.807) is 0 Å². The molecule has 0 saturated carbocycles. The highest BCUT2D eigenvalue weighted by atomic mass is 79.9. The van der Waals surface area contributed by atoms with E-state index in [1.807, 2.05) is 44.2 Å². The van der Waals surface area contributed by atoms with Gasteiger partial charge in [-0.2, -0.15) is 0 Å². The van der Waals surface area contributed by atoms with Crippen molar-refractivity contribution >= 4 is 44.6 Å². The molecule has 0 aliphatic heterocycles. The minimum Gasteiger partial charge on any atom is -0.399 e. The Morgan fingerprint density at radius 2 is 1.83 bits per heavy atom. The predicted molar refractivity (Wildman–Crippen MR) is 82.8 cm³/mol. The number of nitrogens with two attached hydrogens (primary N) is 1. The summed E-state index contributed by atoms with van der Waals surface area (Å²) in [4.78, 5) is 0. The first kappa shape index (κ1) is 13.2. The predicted octanol–water partition coefficient (Wildman–Crippen LogP) is 5.05. The molecular formula is C14H14BrClN2. The van der Waals surface area contributed by atoms with Gasteiger partial charge >= 0.3 is 0 Å². The molecule has 0 atom stereocenters. The maximum absolute atomic E-state index is 6.13. The van der Waals surface area contributed by atoms with E-state index in [-0.39, 0.29) is 0 Å². The molecule has 0 spiro atoms. The molecule has 3 N–H and O–H groups in total. The van der Waals surface area contributed by atoms with Crippen molar-refractivity contribution in [2.24, 2.45) is 0 Å². The Kier molecular flexibility index (Phi) is 3.83. The summed E-state index contributed by atoms with van der Waals surface area (Å²) in [5.41, 5.74) is 10.6. The van der Waals surface area contributed by atoms with Gasteiger partial charge in [0.15, 0.2) is 0 Å². The number of nitrogens with one attached hydrogen (secondary N) is 1. The van der Waals surface area contributed by atoms with Crippen molar-refractivity contribution in [2.75, 3.05) is 11.1 Å². The highest BCUT2D eigenvalue weighted by Crippen LogP contribution is 2.31. The molecule has 4 heteroatoms. The average molecular weight is 326 g/mol. The van der Waals surface area contributed by atoms with Crippen LogP contribution in [0.4, 0.5) is 17.1 Å². The number of benzene rings is 2. The first-order valence-electron chi connectivity index (χ1n) is 5.56. The van der Waals surface area contributed by atoms with E-state index in [0.29, 0.717) is 0 Å². The largest absolute Gasteiger partial charge is 0.399 e. The van der Waals surface area contributed by atoms with Crippen molar-refractivity contribution in [3.8, 4) is 0 Å². The fourth-order valence-corrected chi connectivity index (χ4v) is 2.37. The van der Waals surface area contributed by atoms with Gasteiger partial charge in [-0.1, -0.05) is 11.6 Å². The van der Waals surface area contributed by atoms with Gasteiger partial charge in [-0.05, 0) is 71.2 Å². The summed E-state index contributed by atoms with van der Waals surface area (Å²) in [6, 6.07) is 9.75. The van der Waals surface area contributed by atoms with Crippen molar-refractivity contribution in [2.45, 2.75) is 13.8 Å². The molecule has 0 bridgehead atoms. The lowest BCUT2D eigenvalue weighted by atomic mass is 10.1. The van der Waals surface area contributed by atoms with Crippen LogP contribution < -0.4 is 11.1 Å². The standard InChI is InChI=1S/C14H14BrClN2/c1-8-6-11(15)14(7-12(8)16)18-10-3-4-13(17)9(2)5-10/h3-7,18H,17H2,1-2H3. The summed E-state index contributed by atoms with van der Waals surface area (Å²) in [6.45, 7) is 3.96. The smallest absolute Gasteiger partial charge is 0.0543 e. The number of anilines is 3. The van der Waals surface area contributed by atoms with Crippen LogP contribution in [-0.4, -0.2) is 0 Å². The topological polar surface area (TPSA) is 38.0 Å². The summed E-state index contributed by atoms with van der Waals surface area (Å²) in [6.07, 6.45) is 0. The Bertz CT molecular complexity index is 597. The van der Waals surface area contributed by atoms with E-state index in [4.69, 9.17) is 17.3 Å². The zero-order valence-electron chi connectivity index (χ0n) is 10.2. The molecule has 2 nitrogen and oxygen atoms in total. The zero-order valence-corrected chi connectivity index (χ0v) is 12.6. The highest BCUT2D eigenvalue weighted by Gasteiger charge is 2.05. The number of aryl methyl sites for hydroxylation is 2. The second-order valence-corrected chi connectivity index (χ2v) is 5.54. The molecule has 0 aliphatic carbocycles. The van der Waals surface area contributed by atoms with Crippen molar-refractivity contribution in [3.63, 3.8) is 0 Å². The lowest BCUT2D eigenvalue weighted by molar-refractivity contribution is 1.41. The van der Waals surface area contributed by atoms with Crippen molar-refractivity contribution in [1.29, 1.82) is 0 Å². The van der Waals surface area contributed by atoms with Crippen molar-refractivity contribution < 1.29 is 0 Å². The maximum Gasteiger partial charge on any atom is 0.0543 e. The molecule has 2 aromatic rings. The summed E-state index contributed by atoms with van der Waals surface area (Å²) in [5, 5.41) is 4.06. The van der Waals surface area contributed by atoms with E-state index < -0.39 is 0 Å². The molecular weight excluding hydrogens is 312 g/mol. The van der Waals surface area contributed by atoms with E-state index in [2.05, 4.69) is 21.2 Å². The molecule has 0 fully saturated rings. The van der Waals surface area contributed by atoms with Gasteiger partial charge in [-0.3, -0.25) is 0 Å². The summed E-state index contributed by atoms with van der Waals surface area (Å²) in [7, 11) is 0. The van der Waals surface area contributed by atoms with Crippen molar-refractivity contribution in [3.05, 3.63) is 51.0 Å². The highest BCUT2D eigenvalue weighted by molar-refractivity contribution is 9.10. The van der Waals surface area contributed by atoms with Crippen LogP contribution in [0.2, 0.25) is 5.02 Å². The van der Waals surface area contributed by atoms with Gasteiger partial charge in [0, 0.05) is 20.9 Å². The molecule has 2 aromatic carbocycles. The number of halogens is 2. The second kappa shape index (κ2) is 5.21. The fourth-order valence-electron chi connectivity index (χ4n) is 1.65. The molecule has 0 heterocycles. The van der Waals surface area contributed by atoms with Gasteiger partial charge in [0.25, 0.3) is 0 Å². The van der Waals surface area contributed by atoms with Crippen LogP contribution in [0, 0.1) is 13.8 Å². The van der Waals surface area contributed by atoms with Crippen LogP contribution in [0.5, 0.6) is 0 Å². The minimum atomic E-state index is 0.743. The molecule has 0 saturated heterocycles. The molecule has 0 aromatic heterocycles. The van der Waals surface area contributed by atoms with Crippen LogP contribution in [-0.2, 0) is 0 Å². The van der Waals surface area contributed by atoms with E-state index in [1.165, 1.54) is 0 Å². The Balaban J connectivity index is 2.34. The van der Waals surface area contributed by atoms with Gasteiger partial charge < -0.3 is 11.1 Å². The van der Waals surface area contributed by atoms with E-state index >= 15 is 0 Å². The van der Waals surface area contributed by atoms with Gasteiger partial charge in [-0.15, -0.1) is 0 Å². The fraction of sp³-hybridized carbons (Fsp3) is 0.143.